The van der Waals surface area contributed by atoms with Crippen molar-refractivity contribution in [1.29, 1.82) is 0 Å². The molecule has 3 N–H and O–H groups in total. The van der Waals surface area contributed by atoms with E-state index in [9.17, 15) is 4.79 Å². The van der Waals surface area contributed by atoms with E-state index in [1.165, 1.54) is 0 Å². The fraction of sp³-hybridized carbons (Fsp3) is 0.385. The van der Waals surface area contributed by atoms with Crippen LogP contribution >= 0.6 is 11.3 Å². The second-order valence-electron chi connectivity index (χ2n) is 4.83. The molecule has 1 aliphatic heterocycles. The van der Waals surface area contributed by atoms with Crippen LogP contribution in [-0.4, -0.2) is 30.0 Å². The van der Waals surface area contributed by atoms with Gasteiger partial charge in [-0.1, -0.05) is 0 Å². The van der Waals surface area contributed by atoms with Gasteiger partial charge in [0.1, 0.15) is 5.52 Å². The smallest absolute Gasteiger partial charge is 0.217 e. The number of rotatable bonds is 2. The van der Waals surface area contributed by atoms with E-state index in [1.807, 2.05) is 11.6 Å². The lowest BCUT2D eigenvalue weighted by molar-refractivity contribution is -0.119. The fourth-order valence-corrected chi connectivity index (χ4v) is 3.29. The van der Waals surface area contributed by atoms with Crippen molar-refractivity contribution in [3.05, 3.63) is 17.6 Å². The first-order valence-corrected chi connectivity index (χ1v) is 7.17. The zero-order chi connectivity index (χ0) is 13.4. The Morgan fingerprint density at radius 1 is 1.58 bits per heavy atom. The lowest BCUT2D eigenvalue weighted by atomic mass is 10.2. The quantitative estimate of drug-likeness (QED) is 0.817. The predicted octanol–water partition coefficient (Wildman–Crippen LogP) is 1.59. The summed E-state index contributed by atoms with van der Waals surface area (Å²) >= 11 is 1.60. The third-order valence-electron chi connectivity index (χ3n) is 3.45. The molecule has 0 radical (unpaired) electrons. The summed E-state index contributed by atoms with van der Waals surface area (Å²) in [5.41, 5.74) is 10.7. The van der Waals surface area contributed by atoms with Crippen LogP contribution < -0.4 is 16.0 Å². The number of nitrogens with two attached hydrogens (primary N) is 1. The normalized spacial score (nSPS) is 19.0. The van der Waals surface area contributed by atoms with E-state index < -0.39 is 0 Å². The zero-order valence-corrected chi connectivity index (χ0v) is 11.5. The number of nitrogens with zero attached hydrogens (tertiary/aromatic N) is 2. The van der Waals surface area contributed by atoms with Crippen LogP contribution in [0.25, 0.3) is 10.2 Å². The Kier molecular flexibility index (Phi) is 3.02. The van der Waals surface area contributed by atoms with Crippen molar-refractivity contribution in [2.75, 3.05) is 23.7 Å². The largest absolute Gasteiger partial charge is 0.395 e. The second kappa shape index (κ2) is 4.70. The molecular weight excluding hydrogens is 260 g/mol. The molecule has 6 heteroatoms. The lowest BCUT2D eigenvalue weighted by Crippen LogP contribution is -2.35. The van der Waals surface area contributed by atoms with E-state index >= 15 is 0 Å². The standard InChI is InChI=1S/C13H16N4OS/c1-8(18)16-9-4-5-17(6-9)10-2-3-11-13(12(10)14)15-7-19-11/h2-3,7,9H,4-6,14H2,1H3,(H,16,18). The third kappa shape index (κ3) is 2.23. The summed E-state index contributed by atoms with van der Waals surface area (Å²) in [6.07, 6.45) is 0.953. The van der Waals surface area contributed by atoms with E-state index in [-0.39, 0.29) is 11.9 Å². The molecule has 1 amide bonds. The van der Waals surface area contributed by atoms with Gasteiger partial charge in [0.2, 0.25) is 5.91 Å². The Morgan fingerprint density at radius 2 is 2.42 bits per heavy atom. The van der Waals surface area contributed by atoms with Gasteiger partial charge in [0, 0.05) is 26.1 Å². The molecule has 1 aromatic carbocycles. The molecule has 1 atom stereocenters. The highest BCUT2D eigenvalue weighted by molar-refractivity contribution is 7.16. The monoisotopic (exact) mass is 276 g/mol. The minimum atomic E-state index is 0.0229. The Labute approximate surface area is 115 Å². The number of nitrogens with one attached hydrogen (secondary N) is 1. The average molecular weight is 276 g/mol. The fourth-order valence-electron chi connectivity index (χ4n) is 2.60. The minimum absolute atomic E-state index is 0.0229. The molecule has 0 bridgehead atoms. The van der Waals surface area contributed by atoms with Gasteiger partial charge in [-0.2, -0.15) is 0 Å². The molecule has 19 heavy (non-hydrogen) atoms. The molecular formula is C13H16N4OS. The molecule has 1 saturated heterocycles. The number of benzene rings is 1. The summed E-state index contributed by atoms with van der Waals surface area (Å²) in [5, 5.41) is 2.96. The van der Waals surface area contributed by atoms with Crippen LogP contribution in [0.2, 0.25) is 0 Å². The van der Waals surface area contributed by atoms with Crippen LogP contribution in [0, 0.1) is 0 Å². The first-order chi connectivity index (χ1) is 9.15. The molecule has 0 spiro atoms. The number of amides is 1. The van der Waals surface area contributed by atoms with Gasteiger partial charge >= 0.3 is 0 Å². The molecule has 1 fully saturated rings. The lowest BCUT2D eigenvalue weighted by Gasteiger charge is -2.20. The number of fused-ring (bicyclic) bond motifs is 1. The van der Waals surface area contributed by atoms with Gasteiger partial charge in [-0.05, 0) is 18.6 Å². The zero-order valence-electron chi connectivity index (χ0n) is 10.7. The van der Waals surface area contributed by atoms with Crippen molar-refractivity contribution < 1.29 is 4.79 Å². The SMILES string of the molecule is CC(=O)NC1CCN(c2ccc3scnc3c2N)C1. The number of hydrogen-bond acceptors (Lipinski definition) is 5. The number of nitrogen functional groups attached to an aromatic ring is 1. The first kappa shape index (κ1) is 12.2. The van der Waals surface area contributed by atoms with Crippen molar-refractivity contribution in [2.45, 2.75) is 19.4 Å². The summed E-state index contributed by atoms with van der Waals surface area (Å²) in [4.78, 5) is 17.6. The van der Waals surface area contributed by atoms with Gasteiger partial charge in [-0.3, -0.25) is 4.79 Å². The van der Waals surface area contributed by atoms with Crippen LogP contribution in [-0.2, 0) is 4.79 Å². The maximum atomic E-state index is 11.1. The molecule has 3 rings (SSSR count). The van der Waals surface area contributed by atoms with Crippen LogP contribution in [0.4, 0.5) is 11.4 Å². The van der Waals surface area contributed by atoms with Crippen LogP contribution in [0.3, 0.4) is 0 Å². The molecule has 0 aliphatic carbocycles. The molecule has 1 aliphatic rings. The summed E-state index contributed by atoms with van der Waals surface area (Å²) in [7, 11) is 0. The van der Waals surface area contributed by atoms with Crippen LogP contribution in [0.15, 0.2) is 17.6 Å². The van der Waals surface area contributed by atoms with E-state index in [0.29, 0.717) is 0 Å². The van der Waals surface area contributed by atoms with Crippen molar-refractivity contribution in [1.82, 2.24) is 10.3 Å². The number of thiazole rings is 1. The molecule has 1 unspecified atom stereocenters. The van der Waals surface area contributed by atoms with Crippen molar-refractivity contribution >= 4 is 38.8 Å². The Hall–Kier alpha value is -1.82. The topological polar surface area (TPSA) is 71.2 Å². The molecule has 0 saturated carbocycles. The van der Waals surface area contributed by atoms with Crippen LogP contribution in [0.5, 0.6) is 0 Å². The molecule has 5 nitrogen and oxygen atoms in total. The van der Waals surface area contributed by atoms with Gasteiger partial charge < -0.3 is 16.0 Å². The Balaban J connectivity index is 1.85. The van der Waals surface area contributed by atoms with Gasteiger partial charge in [0.05, 0.1) is 21.6 Å². The molecule has 2 heterocycles. The molecule has 1 aromatic heterocycles. The summed E-state index contributed by atoms with van der Waals surface area (Å²) in [6, 6.07) is 4.32. The number of carbonyl (C=O) groups is 1. The highest BCUT2D eigenvalue weighted by Crippen LogP contribution is 2.34. The maximum Gasteiger partial charge on any atom is 0.217 e. The number of hydrogen-bond donors (Lipinski definition) is 2. The molecule has 2 aromatic rings. The van der Waals surface area contributed by atoms with E-state index in [2.05, 4.69) is 21.3 Å². The summed E-state index contributed by atoms with van der Waals surface area (Å²) in [6.45, 7) is 3.27. The number of aromatic nitrogens is 1. The first-order valence-electron chi connectivity index (χ1n) is 6.29. The van der Waals surface area contributed by atoms with Gasteiger partial charge in [0.15, 0.2) is 0 Å². The third-order valence-corrected chi connectivity index (χ3v) is 4.25. The maximum absolute atomic E-state index is 11.1. The minimum Gasteiger partial charge on any atom is -0.395 e. The van der Waals surface area contributed by atoms with Gasteiger partial charge in [0.25, 0.3) is 0 Å². The van der Waals surface area contributed by atoms with Crippen molar-refractivity contribution in [3.63, 3.8) is 0 Å². The van der Waals surface area contributed by atoms with E-state index in [1.54, 1.807) is 18.3 Å². The average Bonchev–Trinajstić information content (AvgIpc) is 2.97. The number of carbonyl (C=O) groups excluding carboxylic acids is 1. The van der Waals surface area contributed by atoms with E-state index in [4.69, 9.17) is 5.73 Å². The van der Waals surface area contributed by atoms with Crippen LogP contribution in [0.1, 0.15) is 13.3 Å². The van der Waals surface area contributed by atoms with Crippen molar-refractivity contribution in [2.24, 2.45) is 0 Å². The Bertz CT molecular complexity index is 624. The van der Waals surface area contributed by atoms with E-state index in [0.717, 1.165) is 41.1 Å². The number of anilines is 2. The molecule has 100 valence electrons. The predicted molar refractivity (Wildman–Crippen MR) is 78.5 cm³/mol. The van der Waals surface area contributed by atoms with Gasteiger partial charge in [-0.15, -0.1) is 11.3 Å². The highest BCUT2D eigenvalue weighted by atomic mass is 32.1. The highest BCUT2D eigenvalue weighted by Gasteiger charge is 2.25. The summed E-state index contributed by atoms with van der Waals surface area (Å²) < 4.78 is 1.11. The van der Waals surface area contributed by atoms with Crippen molar-refractivity contribution in [3.8, 4) is 0 Å². The Morgan fingerprint density at radius 3 is 3.21 bits per heavy atom. The second-order valence-corrected chi connectivity index (χ2v) is 5.72. The van der Waals surface area contributed by atoms with Gasteiger partial charge in [-0.25, -0.2) is 4.98 Å². The summed E-state index contributed by atoms with van der Waals surface area (Å²) in [5.74, 6) is 0.0229.